The normalized spacial score (nSPS) is 35.6. The zero-order chi connectivity index (χ0) is 8.55. The second-order valence-electron chi connectivity index (χ2n) is 4.40. The summed E-state index contributed by atoms with van der Waals surface area (Å²) in [6, 6.07) is 1.15. The highest BCUT2D eigenvalue weighted by Crippen LogP contribution is 2.45. The van der Waals surface area contributed by atoms with Crippen LogP contribution in [0.4, 0.5) is 0 Å². The van der Waals surface area contributed by atoms with Crippen LogP contribution in [-0.4, -0.2) is 23.1 Å². The Kier molecular flexibility index (Phi) is 2.53. The summed E-state index contributed by atoms with van der Waals surface area (Å²) >= 11 is 0. The zero-order valence-electron chi connectivity index (χ0n) is 7.79. The molecule has 0 amide bonds. The number of hydrogen-bond acceptors (Lipinski definition) is 1. The Morgan fingerprint density at radius 1 is 1.58 bits per heavy atom. The maximum atomic E-state index is 9.36. The number of hydrogen-bond donors (Lipinski definition) is 1. The van der Waals surface area contributed by atoms with Gasteiger partial charge in [0, 0.05) is 9.76 Å². The largest absolute Gasteiger partial charge is 0.439 e. The minimum Gasteiger partial charge on any atom is -0.439 e. The topological polar surface area (TPSA) is 20.2 Å². The molecule has 68 valence electrons. The maximum absolute atomic E-state index is 9.36. The second-order valence-corrected chi connectivity index (χ2v) is 10.7. The van der Waals surface area contributed by atoms with E-state index in [0.29, 0.717) is 0 Å². The lowest BCUT2D eigenvalue weighted by Gasteiger charge is -2.13. The molecule has 2 rings (SSSR count). The van der Waals surface area contributed by atoms with Gasteiger partial charge in [-0.3, -0.25) is 0 Å². The molecule has 0 spiro atoms. The maximum Gasteiger partial charge on any atom is 0.149 e. The van der Waals surface area contributed by atoms with Gasteiger partial charge in [0.25, 0.3) is 0 Å². The van der Waals surface area contributed by atoms with Crippen LogP contribution in [0.25, 0.3) is 0 Å². The Morgan fingerprint density at radius 3 is 2.92 bits per heavy atom. The van der Waals surface area contributed by atoms with Crippen molar-refractivity contribution in [3.63, 3.8) is 0 Å². The predicted molar refractivity (Wildman–Crippen MR) is 57.6 cm³/mol. The Hall–Kier alpha value is 0.134. The third-order valence-electron chi connectivity index (χ3n) is 3.30. The van der Waals surface area contributed by atoms with Crippen LogP contribution in [0.3, 0.4) is 0 Å². The van der Waals surface area contributed by atoms with Crippen LogP contribution < -0.4 is 0 Å². The van der Waals surface area contributed by atoms with Crippen molar-refractivity contribution in [3.05, 3.63) is 11.6 Å². The minimum atomic E-state index is -1.15. The van der Waals surface area contributed by atoms with E-state index in [1.165, 1.54) is 25.7 Å². The monoisotopic (exact) mass is 198 g/mol. The van der Waals surface area contributed by atoms with E-state index in [1.54, 1.807) is 5.57 Å². The Bertz CT molecular complexity index is 201. The summed E-state index contributed by atoms with van der Waals surface area (Å²) in [5.41, 5.74) is 1.70. The third-order valence-corrected chi connectivity index (χ3v) is 6.15. The summed E-state index contributed by atoms with van der Waals surface area (Å²) in [7, 11) is -0.0790. The standard InChI is InChI=1S/C9H18OSi2/c10-12(11)4-3-9-6-7-1-2-8(9)5-7/h6-8,10,12H,1-5H2,11H3. The zero-order valence-corrected chi connectivity index (χ0v) is 10.9. The van der Waals surface area contributed by atoms with Crippen LogP contribution in [0.15, 0.2) is 11.6 Å². The molecule has 2 aliphatic rings. The molecule has 0 aromatic heterocycles. The van der Waals surface area contributed by atoms with Crippen molar-refractivity contribution >= 4 is 18.3 Å². The van der Waals surface area contributed by atoms with Crippen LogP contribution in [0.1, 0.15) is 25.7 Å². The van der Waals surface area contributed by atoms with E-state index in [1.807, 2.05) is 0 Å². The van der Waals surface area contributed by atoms with E-state index >= 15 is 0 Å². The van der Waals surface area contributed by atoms with Crippen LogP contribution in [0.5, 0.6) is 0 Å². The summed E-state index contributed by atoms with van der Waals surface area (Å²) in [4.78, 5) is 9.36. The van der Waals surface area contributed by atoms with E-state index in [2.05, 4.69) is 6.08 Å². The molecule has 3 atom stereocenters. The lowest BCUT2D eigenvalue weighted by atomic mass is 9.97. The first-order chi connectivity index (χ1) is 5.75. The van der Waals surface area contributed by atoms with Crippen molar-refractivity contribution in [2.45, 2.75) is 31.7 Å². The van der Waals surface area contributed by atoms with Crippen LogP contribution >= 0.6 is 0 Å². The first kappa shape index (κ1) is 8.72. The van der Waals surface area contributed by atoms with Crippen molar-refractivity contribution in [1.82, 2.24) is 0 Å². The Labute approximate surface area is 78.8 Å². The fourth-order valence-electron chi connectivity index (χ4n) is 2.61. The van der Waals surface area contributed by atoms with Gasteiger partial charge in [-0.2, -0.15) is 0 Å². The second kappa shape index (κ2) is 3.48. The van der Waals surface area contributed by atoms with Crippen molar-refractivity contribution < 1.29 is 4.80 Å². The highest BCUT2D eigenvalue weighted by Gasteiger charge is 2.31. The van der Waals surface area contributed by atoms with Crippen molar-refractivity contribution in [3.8, 4) is 0 Å². The third kappa shape index (κ3) is 1.73. The Balaban J connectivity index is 1.85. The SMILES string of the molecule is O[SiH]([SiH3])CCC1=CC2CCC1C2. The van der Waals surface area contributed by atoms with E-state index in [9.17, 15) is 4.80 Å². The molecule has 0 aromatic carbocycles. The number of allylic oxidation sites excluding steroid dienone is 2. The summed E-state index contributed by atoms with van der Waals surface area (Å²) in [5.74, 6) is 1.86. The number of rotatable bonds is 3. The number of fused-ring (bicyclic) bond motifs is 2. The lowest BCUT2D eigenvalue weighted by Crippen LogP contribution is -2.12. The predicted octanol–water partition coefficient (Wildman–Crippen LogP) is 0.311. The molecule has 0 aliphatic heterocycles. The molecule has 1 saturated carbocycles. The molecule has 3 heteroatoms. The van der Waals surface area contributed by atoms with Crippen LogP contribution in [0.2, 0.25) is 6.04 Å². The van der Waals surface area contributed by atoms with E-state index in [4.69, 9.17) is 0 Å². The molecule has 3 unspecified atom stereocenters. The van der Waals surface area contributed by atoms with Gasteiger partial charge < -0.3 is 4.80 Å². The van der Waals surface area contributed by atoms with Gasteiger partial charge in [0.05, 0.1) is 0 Å². The molecule has 2 bridgehead atoms. The molecule has 2 aliphatic carbocycles. The van der Waals surface area contributed by atoms with Gasteiger partial charge in [-0.05, 0) is 43.6 Å². The quantitative estimate of drug-likeness (QED) is 0.511. The molecule has 1 N–H and O–H groups in total. The molecule has 0 saturated heterocycles. The van der Waals surface area contributed by atoms with Crippen LogP contribution in [-0.2, 0) is 0 Å². The average molecular weight is 198 g/mol. The van der Waals surface area contributed by atoms with Gasteiger partial charge in [0.15, 0.2) is 0 Å². The summed E-state index contributed by atoms with van der Waals surface area (Å²) in [6.07, 6.45) is 8.06. The fourth-order valence-corrected chi connectivity index (χ4v) is 4.22. The fraction of sp³-hybridized carbons (Fsp3) is 0.778. The smallest absolute Gasteiger partial charge is 0.149 e. The van der Waals surface area contributed by atoms with Crippen molar-refractivity contribution in [1.29, 1.82) is 0 Å². The average Bonchev–Trinajstić information content (AvgIpc) is 2.60. The molecular formula is C9H18OSi2. The van der Waals surface area contributed by atoms with Crippen molar-refractivity contribution in [2.75, 3.05) is 0 Å². The summed E-state index contributed by atoms with van der Waals surface area (Å²) in [5, 5.41) is 0. The summed E-state index contributed by atoms with van der Waals surface area (Å²) < 4.78 is 0. The van der Waals surface area contributed by atoms with Crippen molar-refractivity contribution in [2.24, 2.45) is 11.8 Å². The molecule has 12 heavy (non-hydrogen) atoms. The molecular weight excluding hydrogens is 180 g/mol. The van der Waals surface area contributed by atoms with E-state index < -0.39 is 8.56 Å². The minimum absolute atomic E-state index is 0.929. The van der Waals surface area contributed by atoms with Gasteiger partial charge >= 0.3 is 0 Å². The molecule has 0 radical (unpaired) electrons. The molecule has 0 aromatic rings. The molecule has 1 fully saturated rings. The van der Waals surface area contributed by atoms with Gasteiger partial charge in [0.2, 0.25) is 0 Å². The van der Waals surface area contributed by atoms with E-state index in [0.717, 1.165) is 27.6 Å². The highest BCUT2D eigenvalue weighted by molar-refractivity contribution is 6.98. The van der Waals surface area contributed by atoms with Gasteiger partial charge in [-0.1, -0.05) is 11.6 Å². The molecule has 1 nitrogen and oxygen atoms in total. The lowest BCUT2D eigenvalue weighted by molar-refractivity contribution is 0.581. The van der Waals surface area contributed by atoms with E-state index in [-0.39, 0.29) is 0 Å². The van der Waals surface area contributed by atoms with Gasteiger partial charge in [-0.25, -0.2) is 0 Å². The first-order valence-electron chi connectivity index (χ1n) is 5.14. The first-order valence-corrected chi connectivity index (χ1v) is 11.1. The van der Waals surface area contributed by atoms with Crippen LogP contribution in [0, 0.1) is 11.8 Å². The highest BCUT2D eigenvalue weighted by atomic mass is 29.2. The Morgan fingerprint density at radius 2 is 2.42 bits per heavy atom. The summed E-state index contributed by atoms with van der Waals surface area (Å²) in [6.45, 7) is 0. The van der Waals surface area contributed by atoms with Gasteiger partial charge in [0.1, 0.15) is 8.56 Å². The van der Waals surface area contributed by atoms with Gasteiger partial charge in [-0.15, -0.1) is 0 Å². The molecule has 0 heterocycles.